The Balaban J connectivity index is 1.46. The fourth-order valence-electron chi connectivity index (χ4n) is 3.37. The van der Waals surface area contributed by atoms with Crippen LogP contribution in [0.25, 0.3) is 0 Å². The number of hydrogen-bond donors (Lipinski definition) is 0. The lowest BCUT2D eigenvalue weighted by molar-refractivity contribution is 0.644. The van der Waals surface area contributed by atoms with Gasteiger partial charge in [0, 0.05) is 49.5 Å². The molecule has 23 heavy (non-hydrogen) atoms. The van der Waals surface area contributed by atoms with Crippen molar-refractivity contribution in [1.82, 2.24) is 9.97 Å². The first-order valence-corrected chi connectivity index (χ1v) is 8.60. The van der Waals surface area contributed by atoms with Gasteiger partial charge in [-0.3, -0.25) is 0 Å². The van der Waals surface area contributed by atoms with Gasteiger partial charge in [-0.2, -0.15) is 0 Å². The summed E-state index contributed by atoms with van der Waals surface area (Å²) in [4.78, 5) is 13.8. The Hall–Kier alpha value is -2.10. The molecule has 0 spiro atoms. The minimum atomic E-state index is 0.688. The molecule has 2 heterocycles. The van der Waals surface area contributed by atoms with Crippen molar-refractivity contribution < 1.29 is 0 Å². The fourth-order valence-corrected chi connectivity index (χ4v) is 3.37. The molecule has 4 nitrogen and oxygen atoms in total. The van der Waals surface area contributed by atoms with Gasteiger partial charge < -0.3 is 9.80 Å². The minimum absolute atomic E-state index is 0.688. The summed E-state index contributed by atoms with van der Waals surface area (Å²) in [5.41, 5.74) is 5.30. The van der Waals surface area contributed by atoms with Crippen LogP contribution in [0.5, 0.6) is 0 Å². The first-order chi connectivity index (χ1) is 11.2. The highest BCUT2D eigenvalue weighted by Gasteiger charge is 2.26. The largest absolute Gasteiger partial charge is 0.368 e. The Morgan fingerprint density at radius 1 is 0.913 bits per heavy atom. The summed E-state index contributed by atoms with van der Waals surface area (Å²) >= 11 is 0. The number of hydrogen-bond acceptors (Lipinski definition) is 4. The lowest BCUT2D eigenvalue weighted by Crippen LogP contribution is -2.47. The number of piperazine rings is 1. The highest BCUT2D eigenvalue weighted by atomic mass is 15.3. The molecule has 1 saturated heterocycles. The average molecular weight is 308 g/mol. The van der Waals surface area contributed by atoms with Crippen LogP contribution < -0.4 is 9.80 Å². The van der Waals surface area contributed by atoms with Crippen molar-refractivity contribution in [2.75, 3.05) is 36.0 Å². The van der Waals surface area contributed by atoms with Gasteiger partial charge in [0.25, 0.3) is 0 Å². The third-order valence-corrected chi connectivity index (χ3v) is 4.98. The fraction of sp³-hybridized carbons (Fsp3) is 0.474. The predicted octanol–water partition coefficient (Wildman–Crippen LogP) is 3.30. The molecular weight excluding hydrogens is 284 g/mol. The molecule has 120 valence electrons. The maximum atomic E-state index is 4.50. The molecular formula is C19H24N4. The molecule has 0 N–H and O–H groups in total. The van der Waals surface area contributed by atoms with E-state index >= 15 is 0 Å². The van der Waals surface area contributed by atoms with Gasteiger partial charge in [-0.25, -0.2) is 9.97 Å². The quantitative estimate of drug-likeness (QED) is 0.871. The van der Waals surface area contributed by atoms with E-state index < -0.39 is 0 Å². The van der Waals surface area contributed by atoms with Gasteiger partial charge in [0.1, 0.15) is 12.1 Å². The lowest BCUT2D eigenvalue weighted by Gasteiger charge is -2.37. The van der Waals surface area contributed by atoms with Crippen molar-refractivity contribution in [3.63, 3.8) is 0 Å². The summed E-state index contributed by atoms with van der Waals surface area (Å²) in [6.45, 7) is 8.51. The van der Waals surface area contributed by atoms with E-state index in [1.54, 1.807) is 6.33 Å². The normalized spacial score (nSPS) is 18.3. The molecule has 0 radical (unpaired) electrons. The molecule has 1 aliphatic heterocycles. The number of benzene rings is 1. The second-order valence-corrected chi connectivity index (χ2v) is 6.84. The monoisotopic (exact) mass is 308 g/mol. The summed E-state index contributed by atoms with van der Waals surface area (Å²) < 4.78 is 0. The zero-order chi connectivity index (χ0) is 15.8. The van der Waals surface area contributed by atoms with Crippen molar-refractivity contribution in [1.29, 1.82) is 0 Å². The van der Waals surface area contributed by atoms with E-state index in [-0.39, 0.29) is 0 Å². The molecule has 2 fully saturated rings. The van der Waals surface area contributed by atoms with Gasteiger partial charge in [0.15, 0.2) is 0 Å². The maximum Gasteiger partial charge on any atom is 0.132 e. The van der Waals surface area contributed by atoms with Crippen molar-refractivity contribution in [3.05, 3.63) is 47.4 Å². The molecule has 1 aromatic carbocycles. The second kappa shape index (κ2) is 5.84. The molecule has 4 rings (SSSR count). The number of aryl methyl sites for hydroxylation is 2. The van der Waals surface area contributed by atoms with Crippen LogP contribution >= 0.6 is 0 Å². The average Bonchev–Trinajstić information content (AvgIpc) is 3.42. The third-order valence-electron chi connectivity index (χ3n) is 4.98. The Morgan fingerprint density at radius 3 is 2.39 bits per heavy atom. The van der Waals surface area contributed by atoms with Gasteiger partial charge in [-0.15, -0.1) is 0 Å². The first kappa shape index (κ1) is 14.5. The van der Waals surface area contributed by atoms with Crippen LogP contribution in [-0.2, 0) is 0 Å². The van der Waals surface area contributed by atoms with E-state index in [4.69, 9.17) is 0 Å². The molecule has 2 aliphatic rings. The third kappa shape index (κ3) is 3.03. The van der Waals surface area contributed by atoms with Crippen molar-refractivity contribution in [3.8, 4) is 0 Å². The van der Waals surface area contributed by atoms with Crippen molar-refractivity contribution in [2.24, 2.45) is 0 Å². The van der Waals surface area contributed by atoms with E-state index in [2.05, 4.69) is 57.9 Å². The predicted molar refractivity (Wildman–Crippen MR) is 94.3 cm³/mol. The van der Waals surface area contributed by atoms with Crippen LogP contribution in [0, 0.1) is 13.8 Å². The van der Waals surface area contributed by atoms with Gasteiger partial charge in [0.05, 0.1) is 0 Å². The second-order valence-electron chi connectivity index (χ2n) is 6.84. The van der Waals surface area contributed by atoms with Gasteiger partial charge in [-0.1, -0.05) is 12.1 Å². The van der Waals surface area contributed by atoms with Crippen LogP contribution in [0.4, 0.5) is 11.5 Å². The van der Waals surface area contributed by atoms with Crippen molar-refractivity contribution in [2.45, 2.75) is 32.6 Å². The Bertz CT molecular complexity index is 700. The van der Waals surface area contributed by atoms with E-state index in [9.17, 15) is 0 Å². The summed E-state index contributed by atoms with van der Waals surface area (Å²) in [5, 5.41) is 0. The number of rotatable bonds is 3. The van der Waals surface area contributed by atoms with Crippen LogP contribution in [0.3, 0.4) is 0 Å². The van der Waals surface area contributed by atoms with E-state index in [0.717, 1.165) is 32.0 Å². The lowest BCUT2D eigenvalue weighted by atomic mass is 10.1. The van der Waals surface area contributed by atoms with E-state index in [0.29, 0.717) is 5.92 Å². The molecule has 4 heteroatoms. The van der Waals surface area contributed by atoms with Crippen LogP contribution in [0.1, 0.15) is 35.6 Å². The molecule has 0 unspecified atom stereocenters. The molecule has 1 saturated carbocycles. The molecule has 0 amide bonds. The molecule has 2 aromatic rings. The van der Waals surface area contributed by atoms with Crippen molar-refractivity contribution >= 4 is 11.5 Å². The highest BCUT2D eigenvalue weighted by molar-refractivity contribution is 5.56. The molecule has 0 atom stereocenters. The zero-order valence-corrected chi connectivity index (χ0v) is 14.0. The zero-order valence-electron chi connectivity index (χ0n) is 14.0. The Kier molecular flexibility index (Phi) is 3.68. The Labute approximate surface area is 138 Å². The number of nitrogens with zero attached hydrogens (tertiary/aromatic N) is 4. The summed E-state index contributed by atoms with van der Waals surface area (Å²) in [6, 6.07) is 8.92. The number of anilines is 2. The molecule has 1 aliphatic carbocycles. The number of aromatic nitrogens is 2. The topological polar surface area (TPSA) is 32.3 Å². The van der Waals surface area contributed by atoms with Crippen LogP contribution in [-0.4, -0.2) is 36.1 Å². The minimum Gasteiger partial charge on any atom is -0.368 e. The molecule has 1 aromatic heterocycles. The summed E-state index contributed by atoms with van der Waals surface area (Å²) in [7, 11) is 0. The van der Waals surface area contributed by atoms with Crippen LogP contribution in [0.15, 0.2) is 30.6 Å². The van der Waals surface area contributed by atoms with E-state index in [1.165, 1.54) is 35.3 Å². The van der Waals surface area contributed by atoms with Crippen LogP contribution in [0.2, 0.25) is 0 Å². The molecule has 0 bridgehead atoms. The Morgan fingerprint density at radius 2 is 1.65 bits per heavy atom. The SMILES string of the molecule is Cc1ccc(C)c(N2CCN(c3cc(C4CC4)ncn3)CC2)c1. The summed E-state index contributed by atoms with van der Waals surface area (Å²) in [6.07, 6.45) is 4.31. The van der Waals surface area contributed by atoms with Gasteiger partial charge in [-0.05, 0) is 43.9 Å². The standard InChI is InChI=1S/C19H24N4/c1-14-3-4-15(2)18(11-14)22-7-9-23(10-8-22)19-12-17(16-5-6-16)20-13-21-19/h3-4,11-13,16H,5-10H2,1-2H3. The highest BCUT2D eigenvalue weighted by Crippen LogP contribution is 2.39. The van der Waals surface area contributed by atoms with E-state index in [1.807, 2.05) is 0 Å². The first-order valence-electron chi connectivity index (χ1n) is 8.60. The van der Waals surface area contributed by atoms with Gasteiger partial charge >= 0.3 is 0 Å². The smallest absolute Gasteiger partial charge is 0.132 e. The maximum absolute atomic E-state index is 4.50. The summed E-state index contributed by atoms with van der Waals surface area (Å²) in [5.74, 6) is 1.79. The van der Waals surface area contributed by atoms with Gasteiger partial charge in [0.2, 0.25) is 0 Å².